The fourth-order valence-electron chi connectivity index (χ4n) is 6.11. The quantitative estimate of drug-likeness (QED) is 0.284. The number of benzene rings is 2. The summed E-state index contributed by atoms with van der Waals surface area (Å²) in [7, 11) is 1.51. The molecular formula is C33H35F6N5O4. The molecule has 1 aromatic heterocycles. The number of halogens is 6. The second-order valence-electron chi connectivity index (χ2n) is 12.3. The van der Waals surface area contributed by atoms with Gasteiger partial charge in [0.2, 0.25) is 18.3 Å². The summed E-state index contributed by atoms with van der Waals surface area (Å²) >= 11 is 0. The maximum Gasteiger partial charge on any atom is 0.416 e. The first-order valence-electron chi connectivity index (χ1n) is 15.7. The number of nitrogens with zero attached hydrogens (tertiary/aromatic N) is 5. The van der Waals surface area contributed by atoms with Crippen LogP contribution in [0.1, 0.15) is 60.2 Å². The Labute approximate surface area is 273 Å². The van der Waals surface area contributed by atoms with Gasteiger partial charge in [0.15, 0.2) is 0 Å². The highest BCUT2D eigenvalue weighted by molar-refractivity contribution is 5.77. The van der Waals surface area contributed by atoms with Crippen LogP contribution in [0.5, 0.6) is 5.75 Å². The van der Waals surface area contributed by atoms with Crippen LogP contribution in [0.25, 0.3) is 11.1 Å². The first-order chi connectivity index (χ1) is 22.7. The van der Waals surface area contributed by atoms with Crippen molar-refractivity contribution in [3.63, 3.8) is 0 Å². The summed E-state index contributed by atoms with van der Waals surface area (Å²) < 4.78 is 93.0. The van der Waals surface area contributed by atoms with Gasteiger partial charge in [-0.15, -0.1) is 0 Å². The first-order valence-corrected chi connectivity index (χ1v) is 15.7. The average molecular weight is 680 g/mol. The Kier molecular flexibility index (Phi) is 9.30. The number of rotatable bonds is 9. The van der Waals surface area contributed by atoms with E-state index in [2.05, 4.69) is 4.98 Å². The van der Waals surface area contributed by atoms with Crippen molar-refractivity contribution in [3.8, 4) is 16.9 Å². The summed E-state index contributed by atoms with van der Waals surface area (Å²) in [5, 5.41) is 11.0. The molecule has 48 heavy (non-hydrogen) atoms. The van der Waals surface area contributed by atoms with Crippen LogP contribution < -0.4 is 9.64 Å². The van der Waals surface area contributed by atoms with Crippen LogP contribution >= 0.6 is 0 Å². The third kappa shape index (κ3) is 6.94. The van der Waals surface area contributed by atoms with Crippen LogP contribution in [0.4, 0.5) is 32.3 Å². The highest BCUT2D eigenvalue weighted by atomic mass is 19.4. The van der Waals surface area contributed by atoms with Gasteiger partial charge >= 0.3 is 12.4 Å². The Morgan fingerprint density at radius 1 is 0.979 bits per heavy atom. The van der Waals surface area contributed by atoms with Gasteiger partial charge in [-0.1, -0.05) is 6.07 Å². The molecule has 3 fully saturated rings. The number of aliphatic hydroxyl groups is 1. The Morgan fingerprint density at radius 3 is 2.21 bits per heavy atom. The van der Waals surface area contributed by atoms with Crippen molar-refractivity contribution in [2.45, 2.75) is 70.1 Å². The van der Waals surface area contributed by atoms with E-state index in [1.165, 1.54) is 12.0 Å². The number of alkyl halides is 6. The molecular weight excluding hydrogens is 644 g/mol. The first kappa shape index (κ1) is 33.9. The van der Waals surface area contributed by atoms with E-state index in [0.29, 0.717) is 53.5 Å². The summed E-state index contributed by atoms with van der Waals surface area (Å²) in [5.41, 5.74) is -0.803. The number of carbonyl (C=O) groups is 1. The fraction of sp³-hybridized carbons (Fsp3) is 0.485. The normalized spacial score (nSPS) is 21.6. The van der Waals surface area contributed by atoms with E-state index < -0.39 is 42.0 Å². The van der Waals surface area contributed by atoms with Gasteiger partial charge in [-0.25, -0.2) is 14.9 Å². The van der Waals surface area contributed by atoms with E-state index in [9.17, 15) is 36.2 Å². The van der Waals surface area contributed by atoms with Gasteiger partial charge in [0.05, 0.1) is 23.9 Å². The zero-order chi connectivity index (χ0) is 34.4. The van der Waals surface area contributed by atoms with Crippen molar-refractivity contribution in [1.82, 2.24) is 19.8 Å². The average Bonchev–Trinajstić information content (AvgIpc) is 3.25. The number of aliphatic hydroxyl groups excluding tert-OH is 1. The van der Waals surface area contributed by atoms with Gasteiger partial charge in [0, 0.05) is 62.5 Å². The van der Waals surface area contributed by atoms with E-state index in [4.69, 9.17) is 14.5 Å². The number of aromatic nitrogens is 2. The number of carbonyl (C=O) groups excluding carboxylic acids is 1. The zero-order valence-corrected chi connectivity index (χ0v) is 26.3. The summed E-state index contributed by atoms with van der Waals surface area (Å²) in [6.45, 7) is 4.49. The lowest BCUT2D eigenvalue weighted by Gasteiger charge is -2.32. The molecule has 3 aliphatic rings. The molecule has 0 aliphatic carbocycles. The molecule has 4 heterocycles. The lowest BCUT2D eigenvalue weighted by atomic mass is 9.97. The minimum absolute atomic E-state index is 0.0597. The highest BCUT2D eigenvalue weighted by Crippen LogP contribution is 2.42. The summed E-state index contributed by atoms with van der Waals surface area (Å²) in [5.74, 6) is 1.03. The van der Waals surface area contributed by atoms with Gasteiger partial charge in [-0.3, -0.25) is 4.79 Å². The maximum absolute atomic E-state index is 13.6. The van der Waals surface area contributed by atoms with Crippen LogP contribution in [0.3, 0.4) is 0 Å². The van der Waals surface area contributed by atoms with Gasteiger partial charge in [-0.05, 0) is 67.6 Å². The maximum atomic E-state index is 13.6. The SMILES string of the molecule is COc1ccc(CCC(=O)N2CCC2)cc1-c1cnc(N2CCC2)nc1CN1C(O)O[C@H](c2cc(C(F)(F)F)cc(C(F)(F)F)c2)[C@@H]1C. The Bertz CT molecular complexity index is 1630. The molecule has 15 heteroatoms. The largest absolute Gasteiger partial charge is 0.496 e. The van der Waals surface area contributed by atoms with Crippen LogP contribution in [-0.2, 0) is 34.8 Å². The van der Waals surface area contributed by atoms with Gasteiger partial charge in [0.25, 0.3) is 0 Å². The van der Waals surface area contributed by atoms with Crippen molar-refractivity contribution >= 4 is 11.9 Å². The molecule has 3 aromatic rings. The minimum atomic E-state index is -5.03. The molecule has 3 saturated heterocycles. The second kappa shape index (κ2) is 13.2. The number of anilines is 1. The van der Waals surface area contributed by atoms with E-state index in [-0.39, 0.29) is 24.1 Å². The number of hydrogen-bond acceptors (Lipinski definition) is 8. The van der Waals surface area contributed by atoms with E-state index in [1.807, 2.05) is 21.9 Å². The lowest BCUT2D eigenvalue weighted by molar-refractivity contribution is -0.154. The molecule has 258 valence electrons. The molecule has 9 nitrogen and oxygen atoms in total. The summed E-state index contributed by atoms with van der Waals surface area (Å²) in [4.78, 5) is 27.1. The third-order valence-electron chi connectivity index (χ3n) is 9.17. The van der Waals surface area contributed by atoms with E-state index in [0.717, 1.165) is 44.6 Å². The third-order valence-corrected chi connectivity index (χ3v) is 9.17. The van der Waals surface area contributed by atoms with Crippen molar-refractivity contribution < 1.29 is 45.7 Å². The molecule has 0 saturated carbocycles. The molecule has 1 unspecified atom stereocenters. The van der Waals surface area contributed by atoms with Crippen LogP contribution in [0.2, 0.25) is 0 Å². The van der Waals surface area contributed by atoms with Crippen LogP contribution in [0, 0.1) is 0 Å². The Morgan fingerprint density at radius 2 is 1.65 bits per heavy atom. The molecule has 0 spiro atoms. The lowest BCUT2D eigenvalue weighted by Crippen LogP contribution is -2.42. The molecule has 1 N–H and O–H groups in total. The van der Waals surface area contributed by atoms with E-state index >= 15 is 0 Å². The van der Waals surface area contributed by atoms with Gasteiger partial charge in [-0.2, -0.15) is 26.3 Å². The highest BCUT2D eigenvalue weighted by Gasteiger charge is 2.43. The summed E-state index contributed by atoms with van der Waals surface area (Å²) in [6.07, 6.45) is -8.62. The zero-order valence-electron chi connectivity index (χ0n) is 26.3. The molecule has 3 aliphatic heterocycles. The van der Waals surface area contributed by atoms with Crippen molar-refractivity contribution in [2.24, 2.45) is 0 Å². The molecule has 0 bridgehead atoms. The van der Waals surface area contributed by atoms with Crippen molar-refractivity contribution in [3.05, 3.63) is 70.5 Å². The molecule has 6 rings (SSSR count). The van der Waals surface area contributed by atoms with E-state index in [1.54, 1.807) is 19.2 Å². The number of aryl methyl sites for hydroxylation is 1. The summed E-state index contributed by atoms with van der Waals surface area (Å²) in [6, 6.07) is 5.98. The molecule has 0 radical (unpaired) electrons. The number of amides is 1. The monoisotopic (exact) mass is 679 g/mol. The Balaban J connectivity index is 1.33. The number of hydrogen-bond donors (Lipinski definition) is 1. The van der Waals surface area contributed by atoms with Crippen molar-refractivity contribution in [2.75, 3.05) is 38.2 Å². The fourth-order valence-corrected chi connectivity index (χ4v) is 6.11. The van der Waals surface area contributed by atoms with Crippen LogP contribution in [-0.4, -0.2) is 76.5 Å². The second-order valence-corrected chi connectivity index (χ2v) is 12.3. The molecule has 2 aromatic carbocycles. The van der Waals surface area contributed by atoms with Gasteiger partial charge < -0.3 is 24.4 Å². The predicted molar refractivity (Wildman–Crippen MR) is 162 cm³/mol. The molecule has 3 atom stereocenters. The van der Waals surface area contributed by atoms with Crippen LogP contribution in [0.15, 0.2) is 42.6 Å². The minimum Gasteiger partial charge on any atom is -0.496 e. The number of ether oxygens (including phenoxy) is 2. The topological polar surface area (TPSA) is 91.3 Å². The molecule has 1 amide bonds. The van der Waals surface area contributed by atoms with Gasteiger partial charge in [0.1, 0.15) is 11.9 Å². The Hall–Kier alpha value is -3.95. The predicted octanol–water partition coefficient (Wildman–Crippen LogP) is 5.80. The smallest absolute Gasteiger partial charge is 0.416 e. The number of likely N-dealkylation sites (tertiary alicyclic amines) is 1. The standard InChI is InChI=1S/C33H35F6N5O4/c1-19-29(21-14-22(32(34,35)36)16-23(15-21)33(37,38)39)48-31(46)44(19)18-26-25(17-40-30(41-26)43-11-4-12-43)24-13-20(5-7-27(24)47-2)6-8-28(45)42-9-3-10-42/h5,7,13-17,19,29,31,46H,3-4,6,8-12,18H2,1-2H3/t19-,29-,31?/m0/s1. The van der Waals surface area contributed by atoms with Crippen molar-refractivity contribution in [1.29, 1.82) is 0 Å². The number of methoxy groups -OCH3 is 1.